The van der Waals surface area contributed by atoms with Crippen LogP contribution in [0.25, 0.3) is 0 Å². The second kappa shape index (κ2) is 5.38. The van der Waals surface area contributed by atoms with E-state index in [1.165, 1.54) is 0 Å². The van der Waals surface area contributed by atoms with E-state index >= 15 is 0 Å². The summed E-state index contributed by atoms with van der Waals surface area (Å²) in [5, 5.41) is 0.516. The Kier molecular flexibility index (Phi) is 3.59. The van der Waals surface area contributed by atoms with Crippen molar-refractivity contribution in [3.05, 3.63) is 53.1 Å². The Morgan fingerprint density at radius 1 is 1.25 bits per heavy atom. The molecule has 0 bridgehead atoms. The molecule has 0 aliphatic carbocycles. The van der Waals surface area contributed by atoms with E-state index in [-0.39, 0.29) is 5.91 Å². The number of hydrogen-bond acceptors (Lipinski definition) is 3. The summed E-state index contributed by atoms with van der Waals surface area (Å²) < 4.78 is 0. The van der Waals surface area contributed by atoms with E-state index < -0.39 is 0 Å². The Morgan fingerprint density at radius 2 is 2.05 bits per heavy atom. The van der Waals surface area contributed by atoms with Crippen molar-refractivity contribution in [2.24, 2.45) is 0 Å². The van der Waals surface area contributed by atoms with Gasteiger partial charge in [-0.15, -0.1) is 11.8 Å². The molecule has 0 saturated carbocycles. The number of nitrogen functional groups attached to an aromatic ring is 1. The topological polar surface area (TPSA) is 46.3 Å². The second-order valence-corrected chi connectivity index (χ2v) is 6.08. The number of amides is 1. The van der Waals surface area contributed by atoms with Crippen molar-refractivity contribution >= 4 is 40.6 Å². The first-order valence-electron chi connectivity index (χ1n) is 6.25. The first kappa shape index (κ1) is 13.3. The summed E-state index contributed by atoms with van der Waals surface area (Å²) >= 11 is 7.73. The molecule has 0 unspecified atom stereocenters. The van der Waals surface area contributed by atoms with E-state index in [1.807, 2.05) is 24.3 Å². The van der Waals surface area contributed by atoms with E-state index in [9.17, 15) is 4.79 Å². The molecule has 5 heteroatoms. The molecule has 2 N–H and O–H groups in total. The van der Waals surface area contributed by atoms with Gasteiger partial charge in [-0.1, -0.05) is 23.7 Å². The van der Waals surface area contributed by atoms with Crippen LogP contribution in [0.1, 0.15) is 10.4 Å². The van der Waals surface area contributed by atoms with Gasteiger partial charge in [0.05, 0.1) is 11.3 Å². The number of para-hydroxylation sites is 1. The van der Waals surface area contributed by atoms with Gasteiger partial charge in [-0.25, -0.2) is 0 Å². The summed E-state index contributed by atoms with van der Waals surface area (Å²) in [6.45, 7) is 0.673. The number of nitrogens with zero attached hydrogens (tertiary/aromatic N) is 1. The van der Waals surface area contributed by atoms with Gasteiger partial charge in [0.25, 0.3) is 5.91 Å². The van der Waals surface area contributed by atoms with Gasteiger partial charge in [0.2, 0.25) is 0 Å². The van der Waals surface area contributed by atoms with Crippen molar-refractivity contribution in [1.82, 2.24) is 0 Å². The molecule has 1 aliphatic rings. The van der Waals surface area contributed by atoms with E-state index in [2.05, 4.69) is 0 Å². The van der Waals surface area contributed by atoms with Crippen molar-refractivity contribution in [1.29, 1.82) is 0 Å². The number of hydrogen-bond donors (Lipinski definition) is 1. The molecule has 0 atom stereocenters. The molecular formula is C15H13ClN2OS. The lowest BCUT2D eigenvalue weighted by molar-refractivity contribution is 0.0988. The number of thioether (sulfide) groups is 1. The molecule has 0 spiro atoms. The van der Waals surface area contributed by atoms with Crippen LogP contribution in [0.15, 0.2) is 47.4 Å². The third kappa shape index (κ3) is 2.37. The fourth-order valence-corrected chi connectivity index (χ4v) is 3.41. The van der Waals surface area contributed by atoms with Crippen LogP contribution >= 0.6 is 23.4 Å². The highest BCUT2D eigenvalue weighted by atomic mass is 35.5. The first-order valence-corrected chi connectivity index (χ1v) is 7.62. The molecule has 3 rings (SSSR count). The van der Waals surface area contributed by atoms with Crippen LogP contribution in [-0.4, -0.2) is 18.2 Å². The first-order chi connectivity index (χ1) is 9.66. The van der Waals surface area contributed by atoms with E-state index in [1.54, 1.807) is 34.9 Å². The number of carbonyl (C=O) groups is 1. The minimum absolute atomic E-state index is 0.0993. The van der Waals surface area contributed by atoms with E-state index in [4.69, 9.17) is 17.3 Å². The van der Waals surface area contributed by atoms with Crippen LogP contribution < -0.4 is 10.6 Å². The van der Waals surface area contributed by atoms with Gasteiger partial charge < -0.3 is 10.6 Å². The van der Waals surface area contributed by atoms with Gasteiger partial charge in [-0.05, 0) is 30.3 Å². The van der Waals surface area contributed by atoms with Gasteiger partial charge in [0.15, 0.2) is 0 Å². The predicted molar refractivity (Wildman–Crippen MR) is 84.7 cm³/mol. The molecule has 0 aromatic heterocycles. The number of fused-ring (bicyclic) bond motifs is 1. The van der Waals surface area contributed by atoms with E-state index in [0.29, 0.717) is 22.8 Å². The summed E-state index contributed by atoms with van der Waals surface area (Å²) in [5.41, 5.74) is 7.76. The van der Waals surface area contributed by atoms with Crippen LogP contribution in [0.3, 0.4) is 0 Å². The normalized spacial score (nSPS) is 13.9. The van der Waals surface area contributed by atoms with Crippen molar-refractivity contribution in [3.63, 3.8) is 0 Å². The lowest BCUT2D eigenvalue weighted by Crippen LogP contribution is -2.35. The average molecular weight is 305 g/mol. The monoisotopic (exact) mass is 304 g/mol. The SMILES string of the molecule is Nc1ccc(Cl)cc1C(=O)N1CCSc2ccccc21. The van der Waals surface area contributed by atoms with Crippen molar-refractivity contribution in [3.8, 4) is 0 Å². The highest BCUT2D eigenvalue weighted by Crippen LogP contribution is 2.35. The van der Waals surface area contributed by atoms with Crippen LogP contribution in [-0.2, 0) is 0 Å². The maximum atomic E-state index is 12.7. The fraction of sp³-hybridized carbons (Fsp3) is 0.133. The molecule has 3 nitrogen and oxygen atoms in total. The third-order valence-electron chi connectivity index (χ3n) is 3.22. The largest absolute Gasteiger partial charge is 0.398 e. The molecule has 1 heterocycles. The maximum Gasteiger partial charge on any atom is 0.260 e. The standard InChI is InChI=1S/C15H13ClN2OS/c16-10-5-6-12(17)11(9-10)15(19)18-7-8-20-14-4-2-1-3-13(14)18/h1-6,9H,7-8,17H2. The van der Waals surface area contributed by atoms with Crippen molar-refractivity contribution in [2.45, 2.75) is 4.90 Å². The Morgan fingerprint density at radius 3 is 2.90 bits per heavy atom. The number of halogens is 1. The van der Waals surface area contributed by atoms with Gasteiger partial charge in [0.1, 0.15) is 0 Å². The molecular weight excluding hydrogens is 292 g/mol. The van der Waals surface area contributed by atoms with E-state index in [0.717, 1.165) is 16.3 Å². The molecule has 1 aliphatic heterocycles. The highest BCUT2D eigenvalue weighted by molar-refractivity contribution is 7.99. The Balaban J connectivity index is 2.02. The van der Waals surface area contributed by atoms with Crippen LogP contribution in [0.2, 0.25) is 5.02 Å². The summed E-state index contributed by atoms with van der Waals surface area (Å²) in [4.78, 5) is 15.6. The van der Waals surface area contributed by atoms with Gasteiger partial charge in [0, 0.05) is 27.9 Å². The maximum absolute atomic E-state index is 12.7. The zero-order valence-corrected chi connectivity index (χ0v) is 12.2. The third-order valence-corrected chi connectivity index (χ3v) is 4.50. The zero-order chi connectivity index (χ0) is 14.1. The van der Waals surface area contributed by atoms with Gasteiger partial charge in [-0.2, -0.15) is 0 Å². The summed E-state index contributed by atoms with van der Waals surface area (Å²) in [5.74, 6) is 0.779. The number of benzene rings is 2. The predicted octanol–water partition coefficient (Wildman–Crippen LogP) is 3.67. The number of rotatable bonds is 1. The lowest BCUT2D eigenvalue weighted by Gasteiger charge is -2.29. The van der Waals surface area contributed by atoms with Crippen LogP contribution in [0, 0.1) is 0 Å². The Labute approximate surface area is 126 Å². The molecule has 0 radical (unpaired) electrons. The molecule has 0 saturated heterocycles. The molecule has 20 heavy (non-hydrogen) atoms. The molecule has 2 aromatic carbocycles. The van der Waals surface area contributed by atoms with Crippen molar-refractivity contribution in [2.75, 3.05) is 22.9 Å². The molecule has 0 fully saturated rings. The Bertz CT molecular complexity index is 675. The Hall–Kier alpha value is -1.65. The minimum Gasteiger partial charge on any atom is -0.398 e. The summed E-state index contributed by atoms with van der Waals surface area (Å²) in [7, 11) is 0. The van der Waals surface area contributed by atoms with Crippen LogP contribution in [0.4, 0.5) is 11.4 Å². The van der Waals surface area contributed by atoms with Gasteiger partial charge >= 0.3 is 0 Å². The van der Waals surface area contributed by atoms with Gasteiger partial charge in [-0.3, -0.25) is 4.79 Å². The number of carbonyl (C=O) groups excluding carboxylic acids is 1. The fourth-order valence-electron chi connectivity index (χ4n) is 2.24. The molecule has 2 aromatic rings. The molecule has 102 valence electrons. The average Bonchev–Trinajstić information content (AvgIpc) is 2.48. The van der Waals surface area contributed by atoms with Crippen LogP contribution in [0.5, 0.6) is 0 Å². The quantitative estimate of drug-likeness (QED) is 0.818. The zero-order valence-electron chi connectivity index (χ0n) is 10.7. The highest BCUT2D eigenvalue weighted by Gasteiger charge is 2.25. The van der Waals surface area contributed by atoms with Crippen molar-refractivity contribution < 1.29 is 4.79 Å². The second-order valence-electron chi connectivity index (χ2n) is 4.50. The number of nitrogens with two attached hydrogens (primary N) is 1. The summed E-state index contributed by atoms with van der Waals surface area (Å²) in [6, 6.07) is 12.9. The smallest absolute Gasteiger partial charge is 0.260 e. The number of anilines is 2. The minimum atomic E-state index is -0.0993. The summed E-state index contributed by atoms with van der Waals surface area (Å²) in [6.07, 6.45) is 0. The molecule has 1 amide bonds. The lowest BCUT2D eigenvalue weighted by atomic mass is 10.1.